The molecule has 2 heterocycles. The van der Waals surface area contributed by atoms with Crippen LogP contribution >= 0.6 is 11.8 Å². The van der Waals surface area contributed by atoms with Crippen molar-refractivity contribution in [1.82, 2.24) is 21.3 Å². The lowest BCUT2D eigenvalue weighted by Gasteiger charge is -2.16. The number of ketones is 1. The fourth-order valence-electron chi connectivity index (χ4n) is 6.56. The molecule has 6 N–H and O–H groups in total. The minimum absolute atomic E-state index is 0.0385. The van der Waals surface area contributed by atoms with Gasteiger partial charge in [-0.3, -0.25) is 14.4 Å². The van der Waals surface area contributed by atoms with Crippen LogP contribution in [-0.4, -0.2) is 82.2 Å². The summed E-state index contributed by atoms with van der Waals surface area (Å²) in [6.07, 6.45) is 18.9. The molecule has 2 saturated heterocycles. The van der Waals surface area contributed by atoms with Crippen molar-refractivity contribution in [2.75, 3.05) is 18.8 Å². The number of thioether (sulfide) groups is 1. The lowest BCUT2D eigenvalue weighted by molar-refractivity contribution is -0.122. The zero-order valence-corrected chi connectivity index (χ0v) is 28.5. The third-order valence-corrected chi connectivity index (χ3v) is 10.8. The maximum atomic E-state index is 12.4. The maximum Gasteiger partial charge on any atom is 0.315 e. The van der Waals surface area contributed by atoms with Crippen molar-refractivity contribution < 1.29 is 29.4 Å². The van der Waals surface area contributed by atoms with Gasteiger partial charge in [0, 0.05) is 55.2 Å². The first-order valence-electron chi connectivity index (χ1n) is 17.7. The second-order valence-corrected chi connectivity index (χ2v) is 14.4. The molecule has 0 aromatic heterocycles. The number of urea groups is 1. The van der Waals surface area contributed by atoms with Crippen molar-refractivity contribution in [2.45, 2.75) is 139 Å². The summed E-state index contributed by atoms with van der Waals surface area (Å²) in [6, 6.07) is 0.407. The van der Waals surface area contributed by atoms with E-state index in [0.717, 1.165) is 76.4 Å². The van der Waals surface area contributed by atoms with Gasteiger partial charge in [0.2, 0.25) is 11.8 Å². The van der Waals surface area contributed by atoms with Gasteiger partial charge in [-0.25, -0.2) is 4.79 Å². The number of nitrogens with one attached hydrogen (secondary N) is 4. The van der Waals surface area contributed by atoms with E-state index in [9.17, 15) is 29.4 Å². The largest absolute Gasteiger partial charge is 0.392 e. The van der Waals surface area contributed by atoms with Gasteiger partial charge in [-0.15, -0.1) is 0 Å². The zero-order valence-electron chi connectivity index (χ0n) is 27.7. The molecule has 0 bridgehead atoms. The minimum Gasteiger partial charge on any atom is -0.392 e. The highest BCUT2D eigenvalue weighted by atomic mass is 32.2. The van der Waals surface area contributed by atoms with E-state index in [1.165, 1.54) is 0 Å². The van der Waals surface area contributed by atoms with E-state index in [1.807, 2.05) is 30.0 Å². The summed E-state index contributed by atoms with van der Waals surface area (Å²) in [5, 5.41) is 32.9. The van der Waals surface area contributed by atoms with E-state index in [1.54, 1.807) is 6.08 Å². The molecule has 1 aliphatic carbocycles. The third kappa shape index (κ3) is 13.8. The summed E-state index contributed by atoms with van der Waals surface area (Å²) < 4.78 is 0. The van der Waals surface area contributed by atoms with Gasteiger partial charge < -0.3 is 31.5 Å². The van der Waals surface area contributed by atoms with Crippen molar-refractivity contribution in [3.05, 3.63) is 24.3 Å². The lowest BCUT2D eigenvalue weighted by atomic mass is 9.90. The Bertz CT molecular complexity index is 1020. The molecule has 0 aromatic carbocycles. The molecule has 0 radical (unpaired) electrons. The number of rotatable bonds is 23. The van der Waals surface area contributed by atoms with Gasteiger partial charge in [0.25, 0.3) is 0 Å². The van der Waals surface area contributed by atoms with E-state index in [-0.39, 0.29) is 54.0 Å². The predicted octanol–water partition coefficient (Wildman–Crippen LogP) is 4.30. The van der Waals surface area contributed by atoms with Gasteiger partial charge >= 0.3 is 6.03 Å². The Morgan fingerprint density at radius 2 is 1.70 bits per heavy atom. The van der Waals surface area contributed by atoms with Crippen LogP contribution in [0.3, 0.4) is 0 Å². The molecule has 46 heavy (non-hydrogen) atoms. The molecular formula is C35H58N4O6S. The second-order valence-electron chi connectivity index (χ2n) is 13.1. The Morgan fingerprint density at radius 1 is 0.957 bits per heavy atom. The zero-order chi connectivity index (χ0) is 33.1. The van der Waals surface area contributed by atoms with E-state index in [2.05, 4.69) is 28.2 Å². The highest BCUT2D eigenvalue weighted by Gasteiger charge is 2.42. The first-order chi connectivity index (χ1) is 22.3. The third-order valence-electron chi connectivity index (χ3n) is 9.30. The molecule has 2 aliphatic heterocycles. The molecule has 3 aliphatic rings. The first-order valence-corrected chi connectivity index (χ1v) is 18.8. The Balaban J connectivity index is 1.13. The van der Waals surface area contributed by atoms with Crippen molar-refractivity contribution in [3.63, 3.8) is 0 Å². The first kappa shape index (κ1) is 38.1. The van der Waals surface area contributed by atoms with Crippen LogP contribution in [0.1, 0.15) is 110 Å². The van der Waals surface area contributed by atoms with E-state index in [4.69, 9.17) is 0 Å². The summed E-state index contributed by atoms with van der Waals surface area (Å²) in [6.45, 7) is 3.41. The number of Topliss-reactive ketones (excluding diaryl/α,β-unsaturated/α-hetero) is 1. The molecule has 7 atom stereocenters. The SMILES string of the molecule is CCCCC[C@H](O)/C=C/[C@@H]1C(C/C=C\CCCC(=O)NCCCCCNC(=O)CCCCC2SC[C@@H]3NC(=O)N[C@H]23)C(=O)C[C@H]1O. The number of aliphatic hydroxyl groups is 2. The van der Waals surface area contributed by atoms with Gasteiger partial charge in [0.15, 0.2) is 0 Å². The van der Waals surface area contributed by atoms with Crippen LogP contribution in [0.15, 0.2) is 24.3 Å². The summed E-state index contributed by atoms with van der Waals surface area (Å²) in [7, 11) is 0. The number of amides is 4. The summed E-state index contributed by atoms with van der Waals surface area (Å²) >= 11 is 1.90. The summed E-state index contributed by atoms with van der Waals surface area (Å²) in [4.78, 5) is 48.2. The Labute approximate surface area is 279 Å². The standard InChI is InChI=1S/C35H58N4O6S/c1-2-3-7-14-25(40)19-20-27-26(29(41)23-30(27)42)15-8-4-5-9-17-32(43)36-21-12-6-13-22-37-33(44)18-11-10-16-31-34-28(24-46-31)38-35(45)39-34/h4,8,19-20,25-28,30-31,34,40,42H,2-3,5-7,9-18,21-24H2,1H3,(H,36,43)(H,37,44)(H2,38,39,45)/b8-4-,20-19+/t25-,26?,27+,28-,30+,31?,34-/m0/s1. The molecule has 10 nitrogen and oxygen atoms in total. The van der Waals surface area contributed by atoms with Crippen LogP contribution in [0.25, 0.3) is 0 Å². The van der Waals surface area contributed by atoms with Crippen molar-refractivity contribution in [1.29, 1.82) is 0 Å². The van der Waals surface area contributed by atoms with Gasteiger partial charge in [-0.05, 0) is 57.8 Å². The Morgan fingerprint density at radius 3 is 2.43 bits per heavy atom. The van der Waals surface area contributed by atoms with Crippen molar-refractivity contribution >= 4 is 35.4 Å². The number of carbonyl (C=O) groups excluding carboxylic acids is 4. The van der Waals surface area contributed by atoms with Crippen LogP contribution in [0, 0.1) is 11.8 Å². The smallest absolute Gasteiger partial charge is 0.315 e. The van der Waals surface area contributed by atoms with Crippen LogP contribution < -0.4 is 21.3 Å². The van der Waals surface area contributed by atoms with Crippen LogP contribution in [0.4, 0.5) is 4.79 Å². The number of unbranched alkanes of at least 4 members (excludes halogenated alkanes) is 6. The summed E-state index contributed by atoms with van der Waals surface area (Å²) in [5.74, 6) is 0.628. The monoisotopic (exact) mass is 662 g/mol. The number of carbonyl (C=O) groups is 4. The Hall–Kier alpha value is -2.37. The molecule has 0 spiro atoms. The maximum absolute atomic E-state index is 12.4. The predicted molar refractivity (Wildman–Crippen MR) is 183 cm³/mol. The number of hydrogen-bond acceptors (Lipinski definition) is 7. The topological polar surface area (TPSA) is 157 Å². The van der Waals surface area contributed by atoms with Crippen LogP contribution in [0.5, 0.6) is 0 Å². The lowest BCUT2D eigenvalue weighted by Crippen LogP contribution is -2.36. The number of hydrogen-bond donors (Lipinski definition) is 6. The molecule has 1 saturated carbocycles. The molecule has 0 aromatic rings. The van der Waals surface area contributed by atoms with E-state index >= 15 is 0 Å². The molecule has 260 valence electrons. The minimum atomic E-state index is -0.694. The highest BCUT2D eigenvalue weighted by molar-refractivity contribution is 8.00. The molecular weight excluding hydrogens is 604 g/mol. The molecule has 11 heteroatoms. The number of fused-ring (bicyclic) bond motifs is 1. The van der Waals surface area contributed by atoms with E-state index in [0.29, 0.717) is 44.0 Å². The fourth-order valence-corrected chi connectivity index (χ4v) is 8.10. The molecule has 2 unspecified atom stereocenters. The van der Waals surface area contributed by atoms with E-state index < -0.39 is 12.2 Å². The number of allylic oxidation sites excluding steroid dienone is 2. The second kappa shape index (κ2) is 21.5. The van der Waals surface area contributed by atoms with Gasteiger partial charge in [0.1, 0.15) is 5.78 Å². The van der Waals surface area contributed by atoms with Crippen molar-refractivity contribution in [2.24, 2.45) is 11.8 Å². The van der Waals surface area contributed by atoms with Gasteiger partial charge in [-0.1, -0.05) is 56.9 Å². The molecule has 3 fully saturated rings. The quantitative estimate of drug-likeness (QED) is 0.0541. The Kier molecular flexibility index (Phi) is 17.8. The average Bonchev–Trinajstić information content (AvgIpc) is 3.66. The van der Waals surface area contributed by atoms with Crippen LogP contribution in [-0.2, 0) is 14.4 Å². The van der Waals surface area contributed by atoms with Gasteiger partial charge in [-0.2, -0.15) is 11.8 Å². The average molecular weight is 663 g/mol. The fraction of sp³-hybridized carbons (Fsp3) is 0.771. The number of aliphatic hydroxyl groups excluding tert-OH is 2. The molecule has 4 amide bonds. The highest BCUT2D eigenvalue weighted by Crippen LogP contribution is 2.34. The normalized spacial score (nSPS) is 26.4. The van der Waals surface area contributed by atoms with Gasteiger partial charge in [0.05, 0.1) is 24.3 Å². The summed E-state index contributed by atoms with van der Waals surface area (Å²) in [5.41, 5.74) is 0. The van der Waals surface area contributed by atoms with Crippen LogP contribution in [0.2, 0.25) is 0 Å². The molecule has 3 rings (SSSR count). The van der Waals surface area contributed by atoms with Crippen molar-refractivity contribution in [3.8, 4) is 0 Å².